The molecular weight excluding hydrogens is 334 g/mol. The Morgan fingerprint density at radius 2 is 2.00 bits per heavy atom. The quantitative estimate of drug-likeness (QED) is 0.850. The van der Waals surface area contributed by atoms with Crippen LogP contribution in [0.5, 0.6) is 5.75 Å². The van der Waals surface area contributed by atoms with Gasteiger partial charge in [-0.25, -0.2) is 0 Å². The minimum atomic E-state index is -0.494. The van der Waals surface area contributed by atoms with E-state index in [4.69, 9.17) is 9.26 Å². The molecule has 1 aliphatic rings. The smallest absolute Gasteiger partial charge is 0.251 e. The van der Waals surface area contributed by atoms with Gasteiger partial charge in [0.05, 0.1) is 13.2 Å². The number of methoxy groups -OCH3 is 1. The zero-order valence-electron chi connectivity index (χ0n) is 15.6. The Morgan fingerprint density at radius 1 is 1.31 bits per heavy atom. The maximum absolute atomic E-state index is 12.5. The molecule has 7 nitrogen and oxygen atoms in total. The van der Waals surface area contributed by atoms with Gasteiger partial charge >= 0.3 is 0 Å². The summed E-state index contributed by atoms with van der Waals surface area (Å²) in [5, 5.41) is 17.1. The first kappa shape index (κ1) is 18.4. The molecule has 0 radical (unpaired) electrons. The van der Waals surface area contributed by atoms with Crippen LogP contribution in [-0.2, 0) is 0 Å². The summed E-state index contributed by atoms with van der Waals surface area (Å²) in [5.41, 5.74) is 2.44. The first-order chi connectivity index (χ1) is 12.4. The number of ether oxygens (including phenoxy) is 1. The van der Waals surface area contributed by atoms with Crippen molar-refractivity contribution in [3.05, 3.63) is 40.5 Å². The van der Waals surface area contributed by atoms with Gasteiger partial charge in [-0.15, -0.1) is 0 Å². The van der Waals surface area contributed by atoms with Crippen LogP contribution in [0.4, 0.5) is 0 Å². The lowest BCUT2D eigenvalue weighted by molar-refractivity contribution is 0.0916. The molecule has 1 fully saturated rings. The molecule has 3 atom stereocenters. The van der Waals surface area contributed by atoms with Crippen LogP contribution in [-0.4, -0.2) is 40.9 Å². The predicted molar refractivity (Wildman–Crippen MR) is 95.3 cm³/mol. The van der Waals surface area contributed by atoms with Crippen LogP contribution in [0.3, 0.4) is 0 Å². The number of carbonyl (C=O) groups is 1. The first-order valence-corrected chi connectivity index (χ1v) is 8.80. The second kappa shape index (κ2) is 7.45. The Hall–Kier alpha value is -2.41. The number of aliphatic hydroxyl groups excluding tert-OH is 1. The van der Waals surface area contributed by atoms with Crippen molar-refractivity contribution < 1.29 is 19.2 Å². The summed E-state index contributed by atoms with van der Waals surface area (Å²) in [6.45, 7) is 6.02. The van der Waals surface area contributed by atoms with Crippen LogP contribution in [0.15, 0.2) is 16.7 Å². The molecule has 0 saturated heterocycles. The third-order valence-electron chi connectivity index (χ3n) is 5.00. The summed E-state index contributed by atoms with van der Waals surface area (Å²) >= 11 is 0. The normalized spacial score (nSPS) is 22.4. The SMILES string of the molecule is COc1c(C)cc(C(=O)NC[C@H]2C[C@H](c3nc(C)no3)C[C@H]2O)cc1C. The van der Waals surface area contributed by atoms with Crippen LogP contribution in [0.25, 0.3) is 0 Å². The van der Waals surface area contributed by atoms with E-state index in [0.29, 0.717) is 36.7 Å². The predicted octanol–water partition coefficient (Wildman–Crippen LogP) is 2.29. The number of nitrogens with one attached hydrogen (secondary N) is 1. The highest BCUT2D eigenvalue weighted by Crippen LogP contribution is 2.37. The lowest BCUT2D eigenvalue weighted by Crippen LogP contribution is -2.32. The number of nitrogens with zero attached hydrogens (tertiary/aromatic N) is 2. The number of rotatable bonds is 5. The zero-order valence-corrected chi connectivity index (χ0v) is 15.6. The summed E-state index contributed by atoms with van der Waals surface area (Å²) in [6.07, 6.45) is 0.791. The van der Waals surface area contributed by atoms with Crippen molar-refractivity contribution in [3.63, 3.8) is 0 Å². The molecular formula is C19H25N3O4. The van der Waals surface area contributed by atoms with Crippen molar-refractivity contribution in [1.29, 1.82) is 0 Å². The maximum atomic E-state index is 12.5. The monoisotopic (exact) mass is 359 g/mol. The highest BCUT2D eigenvalue weighted by atomic mass is 16.5. The molecule has 1 amide bonds. The summed E-state index contributed by atoms with van der Waals surface area (Å²) in [5.74, 6) is 1.82. The highest BCUT2D eigenvalue weighted by Gasteiger charge is 2.36. The molecule has 3 rings (SSSR count). The Balaban J connectivity index is 1.61. The molecule has 7 heteroatoms. The number of benzene rings is 1. The lowest BCUT2D eigenvalue weighted by Gasteiger charge is -2.16. The van der Waals surface area contributed by atoms with Crippen LogP contribution in [0.2, 0.25) is 0 Å². The average molecular weight is 359 g/mol. The second-order valence-corrected chi connectivity index (χ2v) is 7.03. The maximum Gasteiger partial charge on any atom is 0.251 e. The summed E-state index contributed by atoms with van der Waals surface area (Å²) in [4.78, 5) is 16.7. The Bertz CT molecular complexity index is 779. The van der Waals surface area contributed by atoms with Gasteiger partial charge in [0.25, 0.3) is 5.91 Å². The number of amides is 1. The largest absolute Gasteiger partial charge is 0.496 e. The Kier molecular flexibility index (Phi) is 5.27. The van der Waals surface area contributed by atoms with Gasteiger partial charge < -0.3 is 19.7 Å². The first-order valence-electron chi connectivity index (χ1n) is 8.80. The average Bonchev–Trinajstić information content (AvgIpc) is 3.18. The van der Waals surface area contributed by atoms with E-state index >= 15 is 0 Å². The number of aromatic nitrogens is 2. The van der Waals surface area contributed by atoms with Gasteiger partial charge in [-0.1, -0.05) is 5.16 Å². The topological polar surface area (TPSA) is 97.5 Å². The summed E-state index contributed by atoms with van der Waals surface area (Å²) < 4.78 is 10.6. The van der Waals surface area contributed by atoms with Crippen molar-refractivity contribution in [2.24, 2.45) is 5.92 Å². The van der Waals surface area contributed by atoms with E-state index in [0.717, 1.165) is 16.9 Å². The fraction of sp³-hybridized carbons (Fsp3) is 0.526. The van der Waals surface area contributed by atoms with E-state index in [2.05, 4.69) is 15.5 Å². The van der Waals surface area contributed by atoms with Crippen molar-refractivity contribution in [2.45, 2.75) is 45.6 Å². The minimum absolute atomic E-state index is 0.0309. The van der Waals surface area contributed by atoms with E-state index in [9.17, 15) is 9.90 Å². The van der Waals surface area contributed by atoms with Gasteiger partial charge in [-0.2, -0.15) is 4.98 Å². The van der Waals surface area contributed by atoms with Crippen molar-refractivity contribution in [1.82, 2.24) is 15.5 Å². The number of hydrogen-bond acceptors (Lipinski definition) is 6. The molecule has 2 aromatic rings. The number of aliphatic hydroxyl groups is 1. The second-order valence-electron chi connectivity index (χ2n) is 7.03. The molecule has 1 heterocycles. The van der Waals surface area contributed by atoms with Gasteiger partial charge in [0, 0.05) is 23.9 Å². The number of carbonyl (C=O) groups excluding carboxylic acids is 1. The van der Waals surface area contributed by atoms with Crippen molar-refractivity contribution in [2.75, 3.05) is 13.7 Å². The summed E-state index contributed by atoms with van der Waals surface area (Å²) in [7, 11) is 1.62. The third kappa shape index (κ3) is 3.72. The van der Waals surface area contributed by atoms with Gasteiger partial charge in [0.15, 0.2) is 5.82 Å². The van der Waals surface area contributed by atoms with E-state index in [1.165, 1.54) is 0 Å². The van der Waals surface area contributed by atoms with Crippen LogP contribution in [0.1, 0.15) is 52.0 Å². The lowest BCUT2D eigenvalue weighted by atomic mass is 10.0. The minimum Gasteiger partial charge on any atom is -0.496 e. The fourth-order valence-corrected chi connectivity index (χ4v) is 3.73. The van der Waals surface area contributed by atoms with Crippen molar-refractivity contribution >= 4 is 5.91 Å². The van der Waals surface area contributed by atoms with Crippen LogP contribution < -0.4 is 10.1 Å². The fourth-order valence-electron chi connectivity index (χ4n) is 3.73. The van der Waals surface area contributed by atoms with Gasteiger partial charge in [-0.05, 0) is 56.9 Å². The van der Waals surface area contributed by atoms with Crippen LogP contribution >= 0.6 is 0 Å². The number of aryl methyl sites for hydroxylation is 3. The molecule has 1 aromatic carbocycles. The van der Waals surface area contributed by atoms with Crippen molar-refractivity contribution in [3.8, 4) is 5.75 Å². The highest BCUT2D eigenvalue weighted by molar-refractivity contribution is 5.94. The number of hydrogen-bond donors (Lipinski definition) is 2. The molecule has 1 aliphatic carbocycles. The standard InChI is InChI=1S/C19H25N3O4/c1-10-5-13(6-11(2)17(10)25-4)18(24)20-9-15-7-14(8-16(15)23)19-21-12(3)22-26-19/h5-6,14-16,23H,7-9H2,1-4H3,(H,20,24)/t14-,15+,16+/m0/s1. The van der Waals surface area contributed by atoms with Gasteiger partial charge in [0.2, 0.25) is 5.89 Å². The van der Waals surface area contributed by atoms with E-state index in [-0.39, 0.29) is 17.7 Å². The molecule has 140 valence electrons. The molecule has 0 unspecified atom stereocenters. The Morgan fingerprint density at radius 3 is 2.58 bits per heavy atom. The molecule has 1 aromatic heterocycles. The Labute approximate surface area is 152 Å². The molecule has 0 spiro atoms. The molecule has 0 bridgehead atoms. The van der Waals surface area contributed by atoms with Gasteiger partial charge in [0.1, 0.15) is 5.75 Å². The molecule has 2 N–H and O–H groups in total. The third-order valence-corrected chi connectivity index (χ3v) is 5.00. The zero-order chi connectivity index (χ0) is 18.8. The molecule has 26 heavy (non-hydrogen) atoms. The summed E-state index contributed by atoms with van der Waals surface area (Å²) in [6, 6.07) is 3.63. The van der Waals surface area contributed by atoms with Gasteiger partial charge in [-0.3, -0.25) is 4.79 Å². The van der Waals surface area contributed by atoms with E-state index < -0.39 is 6.10 Å². The van der Waals surface area contributed by atoms with E-state index in [1.807, 2.05) is 26.0 Å². The van der Waals surface area contributed by atoms with E-state index in [1.54, 1.807) is 14.0 Å². The van der Waals surface area contributed by atoms with Crippen LogP contribution in [0, 0.1) is 26.7 Å². The molecule has 1 saturated carbocycles. The molecule has 0 aliphatic heterocycles.